The van der Waals surface area contributed by atoms with Crippen LogP contribution in [0.4, 0.5) is 0 Å². The predicted octanol–water partition coefficient (Wildman–Crippen LogP) is 4.58. The second kappa shape index (κ2) is 6.22. The quantitative estimate of drug-likeness (QED) is 0.890. The van der Waals surface area contributed by atoms with Crippen LogP contribution < -0.4 is 10.1 Å². The maximum Gasteiger partial charge on any atom is 0.141 e. The Labute approximate surface area is 122 Å². The van der Waals surface area contributed by atoms with Gasteiger partial charge in [-0.15, -0.1) is 0 Å². The lowest BCUT2D eigenvalue weighted by Gasteiger charge is -2.12. The summed E-state index contributed by atoms with van der Waals surface area (Å²) < 4.78 is 6.98. The number of aryl methyl sites for hydroxylation is 2. The highest BCUT2D eigenvalue weighted by Gasteiger charge is 2.06. The first-order valence-corrected chi connectivity index (χ1v) is 7.07. The molecule has 100 valence electrons. The van der Waals surface area contributed by atoms with E-state index in [0.29, 0.717) is 0 Å². The van der Waals surface area contributed by atoms with Crippen LogP contribution in [0, 0.1) is 13.8 Å². The third-order valence-electron chi connectivity index (χ3n) is 2.94. The van der Waals surface area contributed by atoms with Crippen LogP contribution in [0.3, 0.4) is 0 Å². The molecule has 2 aromatic carbocycles. The number of hydrogen-bond acceptors (Lipinski definition) is 2. The smallest absolute Gasteiger partial charge is 0.141 e. The minimum atomic E-state index is 0.839. The molecule has 1 N–H and O–H groups in total. The number of nitrogens with one attached hydrogen (secondary N) is 1. The van der Waals surface area contributed by atoms with Crippen molar-refractivity contribution in [2.24, 2.45) is 0 Å². The molecule has 0 amide bonds. The molecule has 3 heteroatoms. The molecule has 0 aromatic heterocycles. The first kappa shape index (κ1) is 14.1. The molecule has 2 aromatic rings. The maximum absolute atomic E-state index is 6.01. The van der Waals surface area contributed by atoms with Gasteiger partial charge in [0, 0.05) is 6.54 Å². The molecule has 0 bridgehead atoms. The highest BCUT2D eigenvalue weighted by atomic mass is 79.9. The number of halogens is 1. The highest BCUT2D eigenvalue weighted by Crippen LogP contribution is 2.32. The largest absolute Gasteiger partial charge is 0.456 e. The zero-order valence-corrected chi connectivity index (χ0v) is 13.0. The maximum atomic E-state index is 6.01. The van der Waals surface area contributed by atoms with E-state index >= 15 is 0 Å². The van der Waals surface area contributed by atoms with Gasteiger partial charge in [-0.1, -0.05) is 18.2 Å². The highest BCUT2D eigenvalue weighted by molar-refractivity contribution is 9.10. The molecule has 0 aliphatic heterocycles. The Morgan fingerprint density at radius 2 is 1.84 bits per heavy atom. The Hall–Kier alpha value is -1.32. The molecule has 0 saturated carbocycles. The topological polar surface area (TPSA) is 21.3 Å². The molecule has 0 heterocycles. The van der Waals surface area contributed by atoms with Crippen molar-refractivity contribution in [3.63, 3.8) is 0 Å². The molecule has 0 aliphatic rings. The van der Waals surface area contributed by atoms with Gasteiger partial charge in [-0.2, -0.15) is 0 Å². The van der Waals surface area contributed by atoms with Crippen molar-refractivity contribution in [2.45, 2.75) is 20.4 Å². The Kier molecular flexibility index (Phi) is 4.61. The Morgan fingerprint density at radius 1 is 1.05 bits per heavy atom. The van der Waals surface area contributed by atoms with Crippen molar-refractivity contribution >= 4 is 15.9 Å². The van der Waals surface area contributed by atoms with E-state index in [-0.39, 0.29) is 0 Å². The van der Waals surface area contributed by atoms with Gasteiger partial charge >= 0.3 is 0 Å². The number of rotatable bonds is 4. The molecule has 0 aliphatic carbocycles. The molecule has 0 radical (unpaired) electrons. The van der Waals surface area contributed by atoms with E-state index in [4.69, 9.17) is 4.74 Å². The molecule has 0 unspecified atom stereocenters. The van der Waals surface area contributed by atoms with Crippen molar-refractivity contribution in [1.29, 1.82) is 0 Å². The second-order valence-corrected chi connectivity index (χ2v) is 5.52. The lowest BCUT2D eigenvalue weighted by atomic mass is 10.1. The predicted molar refractivity (Wildman–Crippen MR) is 82.9 cm³/mol. The van der Waals surface area contributed by atoms with Crippen LogP contribution in [0.15, 0.2) is 40.9 Å². The molecule has 0 atom stereocenters. The average Bonchev–Trinajstić information content (AvgIpc) is 2.37. The number of benzene rings is 2. The van der Waals surface area contributed by atoms with Crippen molar-refractivity contribution in [1.82, 2.24) is 5.32 Å². The fourth-order valence-corrected chi connectivity index (χ4v) is 2.45. The van der Waals surface area contributed by atoms with Gasteiger partial charge in [0.2, 0.25) is 0 Å². The summed E-state index contributed by atoms with van der Waals surface area (Å²) in [4.78, 5) is 0. The summed E-state index contributed by atoms with van der Waals surface area (Å²) in [6.45, 7) is 4.96. The van der Waals surface area contributed by atoms with Crippen LogP contribution in [0.25, 0.3) is 0 Å². The lowest BCUT2D eigenvalue weighted by molar-refractivity contribution is 0.475. The average molecular weight is 320 g/mol. The van der Waals surface area contributed by atoms with Gasteiger partial charge in [-0.25, -0.2) is 0 Å². The zero-order valence-electron chi connectivity index (χ0n) is 11.5. The molecular weight excluding hydrogens is 302 g/mol. The van der Waals surface area contributed by atoms with E-state index in [2.05, 4.69) is 59.4 Å². The molecule has 0 spiro atoms. The van der Waals surface area contributed by atoms with Crippen LogP contribution in [-0.4, -0.2) is 7.05 Å². The summed E-state index contributed by atoms with van der Waals surface area (Å²) in [7, 11) is 1.94. The first-order chi connectivity index (χ1) is 9.10. The normalized spacial score (nSPS) is 10.5. The monoisotopic (exact) mass is 319 g/mol. The molecule has 0 fully saturated rings. The third kappa shape index (κ3) is 3.58. The van der Waals surface area contributed by atoms with Gasteiger partial charge in [0.25, 0.3) is 0 Å². The molecule has 19 heavy (non-hydrogen) atoms. The second-order valence-electron chi connectivity index (χ2n) is 4.67. The van der Waals surface area contributed by atoms with Crippen molar-refractivity contribution in [3.8, 4) is 11.5 Å². The summed E-state index contributed by atoms with van der Waals surface area (Å²) >= 11 is 3.54. The Morgan fingerprint density at radius 3 is 2.53 bits per heavy atom. The van der Waals surface area contributed by atoms with Crippen LogP contribution in [0.2, 0.25) is 0 Å². The summed E-state index contributed by atoms with van der Waals surface area (Å²) in [5.74, 6) is 1.74. The Bertz CT molecular complexity index is 581. The molecule has 2 rings (SSSR count). The molecule has 0 saturated heterocycles. The minimum Gasteiger partial charge on any atom is -0.456 e. The summed E-state index contributed by atoms with van der Waals surface area (Å²) in [6, 6.07) is 12.4. The van der Waals surface area contributed by atoms with Gasteiger partial charge in [0.15, 0.2) is 0 Å². The van der Waals surface area contributed by atoms with Gasteiger partial charge in [-0.3, -0.25) is 0 Å². The van der Waals surface area contributed by atoms with Crippen LogP contribution in [0.1, 0.15) is 16.7 Å². The van der Waals surface area contributed by atoms with Crippen LogP contribution in [-0.2, 0) is 6.54 Å². The molecule has 2 nitrogen and oxygen atoms in total. The van der Waals surface area contributed by atoms with Gasteiger partial charge < -0.3 is 10.1 Å². The summed E-state index contributed by atoms with van der Waals surface area (Å²) in [6.07, 6.45) is 0. The fourth-order valence-electron chi connectivity index (χ4n) is 1.88. The number of hydrogen-bond donors (Lipinski definition) is 1. The SMILES string of the molecule is CNCc1ccc(C)c(Oc2ccc(C)cc2Br)c1. The van der Waals surface area contributed by atoms with E-state index in [9.17, 15) is 0 Å². The van der Waals surface area contributed by atoms with E-state index in [1.807, 2.05) is 19.2 Å². The van der Waals surface area contributed by atoms with Crippen LogP contribution in [0.5, 0.6) is 11.5 Å². The zero-order chi connectivity index (χ0) is 13.8. The van der Waals surface area contributed by atoms with Gasteiger partial charge in [0.1, 0.15) is 11.5 Å². The first-order valence-electron chi connectivity index (χ1n) is 6.28. The molecular formula is C16H18BrNO. The number of ether oxygens (including phenoxy) is 1. The minimum absolute atomic E-state index is 0.839. The fraction of sp³-hybridized carbons (Fsp3) is 0.250. The third-order valence-corrected chi connectivity index (χ3v) is 3.56. The van der Waals surface area contributed by atoms with E-state index in [0.717, 1.165) is 28.1 Å². The summed E-state index contributed by atoms with van der Waals surface area (Å²) in [5.41, 5.74) is 3.55. The van der Waals surface area contributed by atoms with Gasteiger partial charge in [0.05, 0.1) is 4.47 Å². The van der Waals surface area contributed by atoms with Crippen molar-refractivity contribution in [3.05, 3.63) is 57.6 Å². The van der Waals surface area contributed by atoms with Crippen molar-refractivity contribution < 1.29 is 4.74 Å². The van der Waals surface area contributed by atoms with Crippen molar-refractivity contribution in [2.75, 3.05) is 7.05 Å². The van der Waals surface area contributed by atoms with E-state index in [1.54, 1.807) is 0 Å². The van der Waals surface area contributed by atoms with Crippen LogP contribution >= 0.6 is 15.9 Å². The van der Waals surface area contributed by atoms with E-state index < -0.39 is 0 Å². The van der Waals surface area contributed by atoms with E-state index in [1.165, 1.54) is 11.1 Å². The summed E-state index contributed by atoms with van der Waals surface area (Å²) in [5, 5.41) is 3.15. The Balaban J connectivity index is 2.29. The standard InChI is InChI=1S/C16H18BrNO/c1-11-4-7-15(14(17)8-11)19-16-9-13(10-18-3)6-5-12(16)2/h4-9,18H,10H2,1-3H3. The lowest BCUT2D eigenvalue weighted by Crippen LogP contribution is -2.05. The van der Waals surface area contributed by atoms with Gasteiger partial charge in [-0.05, 0) is 71.7 Å².